The fourth-order valence-electron chi connectivity index (χ4n) is 3.16. The van der Waals surface area contributed by atoms with Crippen LogP contribution in [0.15, 0.2) is 64.8 Å². The van der Waals surface area contributed by atoms with Gasteiger partial charge in [0.05, 0.1) is 7.11 Å². The lowest BCUT2D eigenvalue weighted by molar-refractivity contribution is -0.113. The van der Waals surface area contributed by atoms with Crippen molar-refractivity contribution >= 4 is 22.7 Å². The second-order valence-corrected chi connectivity index (χ2v) is 7.24. The van der Waals surface area contributed by atoms with E-state index >= 15 is 0 Å². The highest BCUT2D eigenvalue weighted by Gasteiger charge is 2.27. The Kier molecular flexibility index (Phi) is 6.41. The molecular weight excluding hydrogens is 372 g/mol. The minimum absolute atomic E-state index is 0.00211. The molecule has 1 heterocycles. The second kappa shape index (κ2) is 8.97. The molecule has 3 rings (SSSR count). The average Bonchev–Trinajstić information content (AvgIpc) is 2.71. The molecule has 6 heteroatoms. The van der Waals surface area contributed by atoms with Gasteiger partial charge in [0.1, 0.15) is 12.6 Å². The maximum absolute atomic E-state index is 12.2. The van der Waals surface area contributed by atoms with Crippen LogP contribution in [0.2, 0.25) is 0 Å². The molecule has 146 valence electrons. The van der Waals surface area contributed by atoms with Gasteiger partial charge >= 0.3 is 0 Å². The first-order valence-electron chi connectivity index (χ1n) is 8.98. The third-order valence-corrected chi connectivity index (χ3v) is 5.13. The van der Waals surface area contributed by atoms with Crippen molar-refractivity contribution in [2.24, 2.45) is 4.99 Å². The van der Waals surface area contributed by atoms with Gasteiger partial charge in [0, 0.05) is 11.3 Å². The molecule has 0 aliphatic carbocycles. The Hall–Kier alpha value is -2.73. The Morgan fingerprint density at radius 3 is 2.57 bits per heavy atom. The predicted molar refractivity (Wildman–Crippen MR) is 114 cm³/mol. The number of nitrogens with zero attached hydrogens (tertiary/aromatic N) is 1. The maximum atomic E-state index is 12.2. The largest absolute Gasteiger partial charge is 0.493 e. The van der Waals surface area contributed by atoms with E-state index in [-0.39, 0.29) is 11.8 Å². The molecule has 1 aliphatic heterocycles. The highest BCUT2D eigenvalue weighted by atomic mass is 32.2. The molecule has 0 radical (unpaired) electrons. The standard InChI is InChI=1S/C22H24N2O3S/c1-14-20(15(2)25)21(24-22(23-14)28-4)17-10-11-18(19(12-17)26-3)27-13-16-8-6-5-7-9-16/h5-12,21H,13H2,1-4H3,(H,23,24)/t21-/m1/s1. The molecule has 0 saturated heterocycles. The van der Waals surface area contributed by atoms with Gasteiger partial charge < -0.3 is 14.8 Å². The van der Waals surface area contributed by atoms with E-state index in [0.717, 1.165) is 22.0 Å². The number of methoxy groups -OCH3 is 1. The summed E-state index contributed by atoms with van der Waals surface area (Å²) in [5.41, 5.74) is 3.47. The molecule has 2 aromatic rings. The number of rotatable bonds is 6. The van der Waals surface area contributed by atoms with Crippen molar-refractivity contribution in [1.29, 1.82) is 0 Å². The van der Waals surface area contributed by atoms with Crippen LogP contribution in [-0.4, -0.2) is 24.3 Å². The quantitative estimate of drug-likeness (QED) is 0.779. The Balaban J connectivity index is 1.90. The molecule has 0 fully saturated rings. The molecule has 0 saturated carbocycles. The summed E-state index contributed by atoms with van der Waals surface area (Å²) < 4.78 is 11.5. The Morgan fingerprint density at radius 1 is 1.18 bits per heavy atom. The lowest BCUT2D eigenvalue weighted by Crippen LogP contribution is -2.28. The number of hydrogen-bond acceptors (Lipinski definition) is 6. The molecule has 0 spiro atoms. The summed E-state index contributed by atoms with van der Waals surface area (Å²) in [5.74, 6) is 1.28. The van der Waals surface area contributed by atoms with Crippen LogP contribution in [0.25, 0.3) is 0 Å². The van der Waals surface area contributed by atoms with Gasteiger partial charge in [-0.25, -0.2) is 4.99 Å². The molecular formula is C22H24N2O3S. The van der Waals surface area contributed by atoms with Crippen molar-refractivity contribution in [2.45, 2.75) is 26.5 Å². The first-order chi connectivity index (χ1) is 13.5. The molecule has 1 aliphatic rings. The molecule has 1 atom stereocenters. The van der Waals surface area contributed by atoms with Crippen molar-refractivity contribution in [3.05, 3.63) is 70.9 Å². The van der Waals surface area contributed by atoms with Crippen molar-refractivity contribution in [2.75, 3.05) is 13.4 Å². The number of hydrogen-bond donors (Lipinski definition) is 1. The number of aliphatic imine (C=N–C) groups is 1. The topological polar surface area (TPSA) is 59.9 Å². The van der Waals surface area contributed by atoms with Crippen LogP contribution in [0.5, 0.6) is 11.5 Å². The SMILES string of the molecule is COc1cc([C@H]2N=C(SC)NC(C)=C2C(C)=O)ccc1OCc1ccccc1. The number of carbonyl (C=O) groups excluding carboxylic acids is 1. The van der Waals surface area contributed by atoms with Crippen LogP contribution in [-0.2, 0) is 11.4 Å². The van der Waals surface area contributed by atoms with Gasteiger partial charge in [0.15, 0.2) is 22.4 Å². The second-order valence-electron chi connectivity index (χ2n) is 6.45. The van der Waals surface area contributed by atoms with Crippen LogP contribution in [0.1, 0.15) is 31.0 Å². The van der Waals surface area contributed by atoms with Crippen LogP contribution in [0, 0.1) is 0 Å². The summed E-state index contributed by atoms with van der Waals surface area (Å²) in [7, 11) is 1.61. The van der Waals surface area contributed by atoms with Gasteiger partial charge in [-0.05, 0) is 43.4 Å². The first kappa shape index (κ1) is 20.0. The number of nitrogens with one attached hydrogen (secondary N) is 1. The van der Waals surface area contributed by atoms with E-state index < -0.39 is 0 Å². The number of thioether (sulfide) groups is 1. The number of ketones is 1. The van der Waals surface area contributed by atoms with Gasteiger partial charge in [-0.1, -0.05) is 48.2 Å². The summed E-state index contributed by atoms with van der Waals surface area (Å²) >= 11 is 1.52. The fourth-order valence-corrected chi connectivity index (χ4v) is 3.62. The smallest absolute Gasteiger partial charge is 0.161 e. The van der Waals surface area contributed by atoms with E-state index in [4.69, 9.17) is 14.5 Å². The lowest BCUT2D eigenvalue weighted by Gasteiger charge is -2.25. The average molecular weight is 397 g/mol. The molecule has 1 N–H and O–H groups in total. The van der Waals surface area contributed by atoms with Crippen molar-refractivity contribution in [1.82, 2.24) is 5.32 Å². The normalized spacial score (nSPS) is 16.3. The number of carbonyl (C=O) groups is 1. The molecule has 0 unspecified atom stereocenters. The van der Waals surface area contributed by atoms with E-state index in [1.54, 1.807) is 14.0 Å². The zero-order chi connectivity index (χ0) is 20.1. The van der Waals surface area contributed by atoms with Gasteiger partial charge in [-0.3, -0.25) is 4.79 Å². The zero-order valence-corrected chi connectivity index (χ0v) is 17.3. The Morgan fingerprint density at radius 2 is 1.93 bits per heavy atom. The van der Waals surface area contributed by atoms with E-state index in [1.807, 2.05) is 61.7 Å². The van der Waals surface area contributed by atoms with Gasteiger partial charge in [0.2, 0.25) is 0 Å². The summed E-state index contributed by atoms with van der Waals surface area (Å²) in [6.07, 6.45) is 1.95. The van der Waals surface area contributed by atoms with Gasteiger partial charge in [-0.2, -0.15) is 0 Å². The molecule has 28 heavy (non-hydrogen) atoms. The van der Waals surface area contributed by atoms with Crippen molar-refractivity contribution < 1.29 is 14.3 Å². The predicted octanol–water partition coefficient (Wildman–Crippen LogP) is 4.50. The highest BCUT2D eigenvalue weighted by Crippen LogP contribution is 2.37. The van der Waals surface area contributed by atoms with Gasteiger partial charge in [0.25, 0.3) is 0 Å². The van der Waals surface area contributed by atoms with Crippen LogP contribution in [0.3, 0.4) is 0 Å². The fraction of sp³-hybridized carbons (Fsp3) is 0.273. The molecule has 0 bridgehead atoms. The van der Waals surface area contributed by atoms with Crippen molar-refractivity contribution in [3.8, 4) is 11.5 Å². The lowest BCUT2D eigenvalue weighted by atomic mass is 9.94. The first-order valence-corrected chi connectivity index (χ1v) is 10.2. The summed E-state index contributed by atoms with van der Waals surface area (Å²) in [6.45, 7) is 3.93. The van der Waals surface area contributed by atoms with E-state index in [9.17, 15) is 4.79 Å². The highest BCUT2D eigenvalue weighted by molar-refractivity contribution is 8.13. The van der Waals surface area contributed by atoms with E-state index in [2.05, 4.69) is 5.32 Å². The van der Waals surface area contributed by atoms with E-state index in [0.29, 0.717) is 23.7 Å². The van der Waals surface area contributed by atoms with Crippen LogP contribution >= 0.6 is 11.8 Å². The number of ether oxygens (including phenoxy) is 2. The number of benzene rings is 2. The number of amidine groups is 1. The third kappa shape index (κ3) is 4.39. The summed E-state index contributed by atoms with van der Waals surface area (Å²) in [4.78, 5) is 17.0. The number of allylic oxidation sites excluding steroid dienone is 1. The van der Waals surface area contributed by atoms with Crippen LogP contribution in [0.4, 0.5) is 0 Å². The van der Waals surface area contributed by atoms with Crippen LogP contribution < -0.4 is 14.8 Å². The molecule has 0 aromatic heterocycles. The number of Topliss-reactive ketones (excluding diaryl/α,β-unsaturated/α-hetero) is 1. The summed E-state index contributed by atoms with van der Waals surface area (Å²) in [6, 6.07) is 15.3. The Bertz CT molecular complexity index is 923. The minimum Gasteiger partial charge on any atom is -0.493 e. The maximum Gasteiger partial charge on any atom is 0.161 e. The zero-order valence-electron chi connectivity index (χ0n) is 16.5. The van der Waals surface area contributed by atoms with Crippen molar-refractivity contribution in [3.63, 3.8) is 0 Å². The molecule has 2 aromatic carbocycles. The van der Waals surface area contributed by atoms with E-state index in [1.165, 1.54) is 11.8 Å². The van der Waals surface area contributed by atoms with Gasteiger partial charge in [-0.15, -0.1) is 0 Å². The minimum atomic E-state index is -0.363. The Labute approximate surface area is 169 Å². The molecule has 0 amide bonds. The molecule has 5 nitrogen and oxygen atoms in total. The third-order valence-electron chi connectivity index (χ3n) is 4.53. The monoisotopic (exact) mass is 396 g/mol. The summed E-state index contributed by atoms with van der Waals surface area (Å²) in [5, 5.41) is 3.98.